The number of hydrogen-bond donors (Lipinski definition) is 1. The van der Waals surface area contributed by atoms with Crippen LogP contribution in [0.4, 0.5) is 8.78 Å². The summed E-state index contributed by atoms with van der Waals surface area (Å²) in [5, 5.41) is 4.81. The van der Waals surface area contributed by atoms with Crippen LogP contribution < -0.4 is 5.14 Å². The predicted octanol–water partition coefficient (Wildman–Crippen LogP) is 1.18. The fourth-order valence-corrected chi connectivity index (χ4v) is 1.98. The number of benzene rings is 1. The number of carbonyl (C=O) groups is 1. The van der Waals surface area contributed by atoms with Crippen molar-refractivity contribution in [1.82, 2.24) is 0 Å². The summed E-state index contributed by atoms with van der Waals surface area (Å²) in [6.07, 6.45) is 1.84. The third-order valence-electron chi connectivity index (χ3n) is 2.70. The number of primary sulfonamides is 1. The lowest BCUT2D eigenvalue weighted by atomic mass is 10.2. The van der Waals surface area contributed by atoms with Crippen molar-refractivity contribution in [1.29, 1.82) is 0 Å². The summed E-state index contributed by atoms with van der Waals surface area (Å²) in [4.78, 5) is 10.9. The van der Waals surface area contributed by atoms with Crippen molar-refractivity contribution in [2.45, 2.75) is 17.7 Å². The highest BCUT2D eigenvalue weighted by molar-refractivity contribution is 7.89. The second-order valence-corrected chi connectivity index (χ2v) is 5.91. The minimum absolute atomic E-state index is 0.111. The van der Waals surface area contributed by atoms with Gasteiger partial charge in [-0.1, -0.05) is 0 Å². The number of carbonyl (C=O) groups excluding carboxylic acids is 1. The number of halogens is 2. The Morgan fingerprint density at radius 2 is 2.00 bits per heavy atom. The summed E-state index contributed by atoms with van der Waals surface area (Å²) in [7, 11) is -4.23. The van der Waals surface area contributed by atoms with Crippen molar-refractivity contribution in [3.63, 3.8) is 0 Å². The molecule has 19 heavy (non-hydrogen) atoms. The number of nitrogens with two attached hydrogens (primary N) is 1. The number of hydrogen-bond acceptors (Lipinski definition) is 4. The first-order chi connectivity index (χ1) is 8.79. The van der Waals surface area contributed by atoms with Gasteiger partial charge in [-0.25, -0.2) is 27.1 Å². The molecule has 0 unspecified atom stereocenters. The fraction of sp³-hybridized carbons (Fsp3) is 0.364. The Kier molecular flexibility index (Phi) is 3.55. The molecule has 2 N–H and O–H groups in total. The zero-order chi connectivity index (χ0) is 14.2. The Morgan fingerprint density at radius 3 is 2.53 bits per heavy atom. The van der Waals surface area contributed by atoms with Gasteiger partial charge in [-0.3, -0.25) is 0 Å². The van der Waals surface area contributed by atoms with Gasteiger partial charge in [0.1, 0.15) is 0 Å². The zero-order valence-electron chi connectivity index (χ0n) is 9.73. The first-order valence-electron chi connectivity index (χ1n) is 5.48. The smallest absolute Gasteiger partial charge is 0.341 e. The van der Waals surface area contributed by atoms with E-state index in [2.05, 4.69) is 0 Å². The molecule has 0 bridgehead atoms. The predicted molar refractivity (Wildman–Crippen MR) is 60.7 cm³/mol. The molecule has 0 aromatic heterocycles. The average Bonchev–Trinajstić information content (AvgIpc) is 3.11. The average molecular weight is 291 g/mol. The molecule has 0 atom stereocenters. The van der Waals surface area contributed by atoms with E-state index in [1.54, 1.807) is 0 Å². The second-order valence-electron chi connectivity index (χ2n) is 4.35. The van der Waals surface area contributed by atoms with E-state index in [0.717, 1.165) is 12.8 Å². The summed E-state index contributed by atoms with van der Waals surface area (Å²) in [5.41, 5.74) is -0.773. The number of ether oxygens (including phenoxy) is 1. The number of esters is 1. The van der Waals surface area contributed by atoms with E-state index in [4.69, 9.17) is 9.88 Å². The lowest BCUT2D eigenvalue weighted by Gasteiger charge is -2.07. The number of sulfonamides is 1. The Bertz CT molecular complexity index is 626. The van der Waals surface area contributed by atoms with Gasteiger partial charge in [-0.05, 0) is 30.9 Å². The Hall–Kier alpha value is -1.54. The third kappa shape index (κ3) is 3.27. The third-order valence-corrected chi connectivity index (χ3v) is 3.59. The van der Waals surface area contributed by atoms with Crippen LogP contribution in [0.1, 0.15) is 23.2 Å². The molecule has 0 aliphatic heterocycles. The van der Waals surface area contributed by atoms with E-state index in [9.17, 15) is 22.0 Å². The summed E-state index contributed by atoms with van der Waals surface area (Å²) < 4.78 is 53.6. The summed E-state index contributed by atoms with van der Waals surface area (Å²) >= 11 is 0. The van der Waals surface area contributed by atoms with Gasteiger partial charge < -0.3 is 4.74 Å². The molecule has 0 saturated heterocycles. The standard InChI is InChI=1S/C11H11F2NO4S/c12-9-4-7(19(14,16)17)3-8(10(9)13)11(15)18-5-6-1-2-6/h3-4,6H,1-2,5H2,(H2,14,16,17). The molecular weight excluding hydrogens is 280 g/mol. The van der Waals surface area contributed by atoms with Gasteiger partial charge in [0.2, 0.25) is 10.0 Å². The highest BCUT2D eigenvalue weighted by Crippen LogP contribution is 2.29. The highest BCUT2D eigenvalue weighted by atomic mass is 32.2. The molecule has 0 heterocycles. The minimum Gasteiger partial charge on any atom is -0.462 e. The molecule has 1 aliphatic carbocycles. The molecule has 104 valence electrons. The lowest BCUT2D eigenvalue weighted by molar-refractivity contribution is 0.0479. The van der Waals surface area contributed by atoms with Crippen molar-refractivity contribution in [2.24, 2.45) is 11.1 Å². The summed E-state index contributed by atoms with van der Waals surface area (Å²) in [6, 6.07) is 1.09. The van der Waals surface area contributed by atoms with Gasteiger partial charge in [0, 0.05) is 0 Å². The summed E-state index contributed by atoms with van der Waals surface area (Å²) in [6.45, 7) is 0.111. The maximum absolute atomic E-state index is 13.4. The second kappa shape index (κ2) is 4.86. The molecule has 0 spiro atoms. The van der Waals surface area contributed by atoms with E-state index in [-0.39, 0.29) is 12.5 Å². The van der Waals surface area contributed by atoms with Crippen LogP contribution in [-0.4, -0.2) is 21.0 Å². The van der Waals surface area contributed by atoms with Gasteiger partial charge in [0.25, 0.3) is 0 Å². The molecule has 1 fully saturated rings. The Morgan fingerprint density at radius 1 is 1.37 bits per heavy atom. The quantitative estimate of drug-likeness (QED) is 0.844. The highest BCUT2D eigenvalue weighted by Gasteiger charge is 2.26. The molecule has 1 aromatic carbocycles. The van der Waals surface area contributed by atoms with Crippen molar-refractivity contribution >= 4 is 16.0 Å². The maximum Gasteiger partial charge on any atom is 0.341 e. The normalized spacial score (nSPS) is 15.3. The molecular formula is C11H11F2NO4S. The maximum atomic E-state index is 13.4. The van der Waals surface area contributed by atoms with Crippen LogP contribution in [0, 0.1) is 17.6 Å². The van der Waals surface area contributed by atoms with E-state index >= 15 is 0 Å². The molecule has 0 radical (unpaired) electrons. The van der Waals surface area contributed by atoms with E-state index in [1.807, 2.05) is 0 Å². The van der Waals surface area contributed by atoms with Crippen molar-refractivity contribution in [3.05, 3.63) is 29.3 Å². The van der Waals surface area contributed by atoms with Gasteiger partial charge in [0.05, 0.1) is 17.1 Å². The molecule has 2 rings (SSSR count). The van der Waals surface area contributed by atoms with Gasteiger partial charge in [0.15, 0.2) is 11.6 Å². The van der Waals surface area contributed by atoms with Crippen LogP contribution in [0.15, 0.2) is 17.0 Å². The number of rotatable bonds is 4. The minimum atomic E-state index is -4.23. The Labute approximate surface area is 108 Å². The van der Waals surface area contributed by atoms with E-state index in [1.165, 1.54) is 0 Å². The molecule has 1 aliphatic rings. The van der Waals surface area contributed by atoms with Crippen LogP contribution in [0.3, 0.4) is 0 Å². The van der Waals surface area contributed by atoms with E-state index < -0.39 is 38.1 Å². The van der Waals surface area contributed by atoms with Crippen LogP contribution in [-0.2, 0) is 14.8 Å². The van der Waals surface area contributed by atoms with Crippen molar-refractivity contribution in [2.75, 3.05) is 6.61 Å². The first kappa shape index (κ1) is 13.9. The van der Waals surface area contributed by atoms with Crippen LogP contribution in [0.2, 0.25) is 0 Å². The van der Waals surface area contributed by atoms with Crippen LogP contribution in [0.5, 0.6) is 0 Å². The molecule has 0 amide bonds. The van der Waals surface area contributed by atoms with Gasteiger partial charge >= 0.3 is 5.97 Å². The fourth-order valence-electron chi connectivity index (χ4n) is 1.43. The first-order valence-corrected chi connectivity index (χ1v) is 7.02. The topological polar surface area (TPSA) is 86.5 Å². The van der Waals surface area contributed by atoms with Crippen molar-refractivity contribution in [3.8, 4) is 0 Å². The molecule has 1 aromatic rings. The summed E-state index contributed by atoms with van der Waals surface area (Å²) in [5.74, 6) is -3.77. The van der Waals surface area contributed by atoms with Gasteiger partial charge in [-0.15, -0.1) is 0 Å². The monoisotopic (exact) mass is 291 g/mol. The molecule has 8 heteroatoms. The van der Waals surface area contributed by atoms with Crippen LogP contribution in [0.25, 0.3) is 0 Å². The lowest BCUT2D eigenvalue weighted by Crippen LogP contribution is -2.16. The largest absolute Gasteiger partial charge is 0.462 e. The molecule has 5 nitrogen and oxygen atoms in total. The van der Waals surface area contributed by atoms with Crippen LogP contribution >= 0.6 is 0 Å². The SMILES string of the molecule is NS(=O)(=O)c1cc(F)c(F)c(C(=O)OCC2CC2)c1. The van der Waals surface area contributed by atoms with E-state index in [0.29, 0.717) is 12.1 Å². The van der Waals surface area contributed by atoms with Gasteiger partial charge in [-0.2, -0.15) is 0 Å². The Balaban J connectivity index is 2.31. The zero-order valence-corrected chi connectivity index (χ0v) is 10.5. The van der Waals surface area contributed by atoms with Crippen molar-refractivity contribution < 1.29 is 26.7 Å². The molecule has 1 saturated carbocycles.